The van der Waals surface area contributed by atoms with Gasteiger partial charge in [-0.1, -0.05) is 6.07 Å². The molecular formula is C19H20ClF2NO2. The monoisotopic (exact) mass is 367 g/mol. The van der Waals surface area contributed by atoms with Crippen molar-refractivity contribution in [1.82, 2.24) is 0 Å². The Labute approximate surface area is 152 Å². The molecule has 1 heterocycles. The van der Waals surface area contributed by atoms with Gasteiger partial charge in [-0.15, -0.1) is 0 Å². The van der Waals surface area contributed by atoms with E-state index < -0.39 is 11.6 Å². The highest BCUT2D eigenvalue weighted by molar-refractivity contribution is 5.98. The number of ether oxygens (including phenoxy) is 2. The maximum atomic E-state index is 14.3. The van der Waals surface area contributed by atoms with Gasteiger partial charge in [-0.25, -0.2) is 0 Å². The summed E-state index contributed by atoms with van der Waals surface area (Å²) < 4.78 is 41.0. The van der Waals surface area contributed by atoms with Crippen LogP contribution in [-0.4, -0.2) is 30.5 Å². The molecule has 6 heteroatoms. The van der Waals surface area contributed by atoms with Crippen LogP contribution in [-0.2, 0) is 6.42 Å². The minimum atomic E-state index is -0.565. The molecular weight excluding hydrogens is 348 g/mol. The Balaban J connectivity index is 0.00000225. The Morgan fingerprint density at radius 3 is 2.16 bits per heavy atom. The molecule has 2 aromatic carbocycles. The van der Waals surface area contributed by atoms with Crippen molar-refractivity contribution in [1.29, 1.82) is 0 Å². The Hall–Kier alpha value is -2.14. The number of halogens is 3. The normalized spacial score (nSPS) is 16.2. The highest BCUT2D eigenvalue weighted by atomic mass is 35.5. The number of hydrogen-bond acceptors (Lipinski definition) is 2. The van der Waals surface area contributed by atoms with Crippen molar-refractivity contribution in [3.8, 4) is 11.5 Å². The fourth-order valence-electron chi connectivity index (χ4n) is 3.40. The Kier molecular flexibility index (Phi) is 5.68. The van der Waals surface area contributed by atoms with Crippen molar-refractivity contribution < 1.29 is 35.2 Å². The van der Waals surface area contributed by atoms with Crippen LogP contribution in [0, 0.1) is 11.6 Å². The van der Waals surface area contributed by atoms with E-state index in [1.165, 1.54) is 18.2 Å². The van der Waals surface area contributed by atoms with E-state index in [0.717, 1.165) is 16.8 Å². The van der Waals surface area contributed by atoms with Crippen LogP contribution in [0.2, 0.25) is 0 Å². The van der Waals surface area contributed by atoms with Crippen LogP contribution in [0.1, 0.15) is 25.0 Å². The number of benzene rings is 2. The minimum Gasteiger partial charge on any atom is -1.00 e. The van der Waals surface area contributed by atoms with Crippen molar-refractivity contribution >= 4 is 11.4 Å². The predicted molar refractivity (Wildman–Crippen MR) is 88.8 cm³/mol. The largest absolute Gasteiger partial charge is 1.00 e. The summed E-state index contributed by atoms with van der Waals surface area (Å²) in [5.74, 6) is 0.121. The first-order valence-electron chi connectivity index (χ1n) is 7.80. The molecule has 3 rings (SSSR count). The minimum absolute atomic E-state index is 0. The van der Waals surface area contributed by atoms with Crippen LogP contribution in [0.5, 0.6) is 11.5 Å². The molecule has 1 unspecified atom stereocenters. The summed E-state index contributed by atoms with van der Waals surface area (Å²) in [7, 11) is 3.16. The lowest BCUT2D eigenvalue weighted by molar-refractivity contribution is -0.486. The Morgan fingerprint density at radius 1 is 1.04 bits per heavy atom. The fraction of sp³-hybridized carbons (Fsp3) is 0.316. The van der Waals surface area contributed by atoms with Crippen LogP contribution in [0.15, 0.2) is 30.3 Å². The van der Waals surface area contributed by atoms with Gasteiger partial charge in [-0.3, -0.25) is 0 Å². The maximum Gasteiger partial charge on any atom is 0.277 e. The molecule has 1 aliphatic rings. The number of para-hydroxylation sites is 1. The standard InChI is InChI=1S/C19H20F2NO2.ClH/c1-11-8-13-9-17(23-3)18(24-4)10-14(13)12(2)22(11)19-15(20)6-5-7-16(19)21;/h5-7,9-11H,8H2,1-4H3;1H/q+1;/p-1. The summed E-state index contributed by atoms with van der Waals surface area (Å²) in [6, 6.07) is 7.65. The molecule has 0 bridgehead atoms. The number of rotatable bonds is 3. The number of methoxy groups -OCH3 is 2. The predicted octanol–water partition coefficient (Wildman–Crippen LogP) is 1.08. The lowest BCUT2D eigenvalue weighted by Crippen LogP contribution is -3.00. The van der Waals surface area contributed by atoms with Crippen LogP contribution in [0.4, 0.5) is 14.5 Å². The van der Waals surface area contributed by atoms with Gasteiger partial charge in [0.25, 0.3) is 5.69 Å². The first-order valence-corrected chi connectivity index (χ1v) is 7.80. The van der Waals surface area contributed by atoms with Gasteiger partial charge >= 0.3 is 0 Å². The molecule has 1 aliphatic heterocycles. The van der Waals surface area contributed by atoms with E-state index in [-0.39, 0.29) is 24.1 Å². The highest BCUT2D eigenvalue weighted by Crippen LogP contribution is 2.36. The van der Waals surface area contributed by atoms with Gasteiger partial charge < -0.3 is 21.9 Å². The molecule has 0 saturated carbocycles. The quantitative estimate of drug-likeness (QED) is 0.757. The summed E-state index contributed by atoms with van der Waals surface area (Å²) in [6.45, 7) is 3.82. The molecule has 3 nitrogen and oxygen atoms in total. The third kappa shape index (κ3) is 3.21. The smallest absolute Gasteiger partial charge is 0.277 e. The molecule has 0 aliphatic carbocycles. The van der Waals surface area contributed by atoms with E-state index in [9.17, 15) is 8.78 Å². The van der Waals surface area contributed by atoms with Gasteiger partial charge in [0.05, 0.1) is 14.2 Å². The van der Waals surface area contributed by atoms with Gasteiger partial charge in [-0.05, 0) is 36.8 Å². The maximum absolute atomic E-state index is 14.3. The van der Waals surface area contributed by atoms with E-state index in [2.05, 4.69) is 0 Å². The molecule has 134 valence electrons. The van der Waals surface area contributed by atoms with Crippen molar-refractivity contribution in [3.63, 3.8) is 0 Å². The molecule has 0 spiro atoms. The SMILES string of the molecule is COc1cc2c(cc1OC)C(C)=[N+](c1c(F)cccc1F)C(C)C2.[Cl-]. The zero-order valence-corrected chi connectivity index (χ0v) is 15.3. The van der Waals surface area contributed by atoms with E-state index in [1.54, 1.807) is 18.8 Å². The zero-order chi connectivity index (χ0) is 17.4. The van der Waals surface area contributed by atoms with Crippen LogP contribution in [0.25, 0.3) is 0 Å². The van der Waals surface area contributed by atoms with Gasteiger partial charge in [0.15, 0.2) is 34.9 Å². The van der Waals surface area contributed by atoms with E-state index in [0.29, 0.717) is 17.9 Å². The molecule has 25 heavy (non-hydrogen) atoms. The molecule has 0 N–H and O–H groups in total. The molecule has 0 radical (unpaired) electrons. The van der Waals surface area contributed by atoms with Crippen LogP contribution in [0.3, 0.4) is 0 Å². The van der Waals surface area contributed by atoms with E-state index in [4.69, 9.17) is 9.47 Å². The molecule has 0 fully saturated rings. The molecule has 2 aromatic rings. The average molecular weight is 368 g/mol. The van der Waals surface area contributed by atoms with E-state index >= 15 is 0 Å². The third-order valence-electron chi connectivity index (χ3n) is 4.50. The second-order valence-corrected chi connectivity index (χ2v) is 5.94. The lowest BCUT2D eigenvalue weighted by Gasteiger charge is -2.23. The second kappa shape index (κ2) is 7.40. The van der Waals surface area contributed by atoms with Crippen molar-refractivity contribution in [2.45, 2.75) is 26.3 Å². The summed E-state index contributed by atoms with van der Waals surface area (Å²) in [5, 5.41) is 0. The number of hydrogen-bond donors (Lipinski definition) is 0. The third-order valence-corrected chi connectivity index (χ3v) is 4.50. The van der Waals surface area contributed by atoms with Crippen LogP contribution >= 0.6 is 0 Å². The van der Waals surface area contributed by atoms with Crippen molar-refractivity contribution in [2.24, 2.45) is 0 Å². The molecule has 0 saturated heterocycles. The van der Waals surface area contributed by atoms with Crippen molar-refractivity contribution in [3.05, 3.63) is 53.1 Å². The van der Waals surface area contributed by atoms with Gasteiger partial charge in [-0.2, -0.15) is 13.4 Å². The Bertz CT molecular complexity index is 816. The fourth-order valence-corrected chi connectivity index (χ4v) is 3.40. The molecule has 1 atom stereocenters. The second-order valence-electron chi connectivity index (χ2n) is 5.94. The summed E-state index contributed by atoms with van der Waals surface area (Å²) >= 11 is 0. The number of fused-ring (bicyclic) bond motifs is 1. The highest BCUT2D eigenvalue weighted by Gasteiger charge is 2.35. The summed E-state index contributed by atoms with van der Waals surface area (Å²) in [6.07, 6.45) is 0.654. The summed E-state index contributed by atoms with van der Waals surface area (Å²) in [4.78, 5) is 0. The first kappa shape index (κ1) is 19.2. The average Bonchev–Trinajstić information content (AvgIpc) is 2.56. The van der Waals surface area contributed by atoms with Crippen LogP contribution < -0.4 is 21.9 Å². The molecule has 0 aromatic heterocycles. The topological polar surface area (TPSA) is 21.5 Å². The lowest BCUT2D eigenvalue weighted by atomic mass is 9.92. The Morgan fingerprint density at radius 2 is 1.60 bits per heavy atom. The van der Waals surface area contributed by atoms with E-state index in [1.807, 2.05) is 26.0 Å². The van der Waals surface area contributed by atoms with Crippen molar-refractivity contribution in [2.75, 3.05) is 14.2 Å². The summed E-state index contributed by atoms with van der Waals surface area (Å²) in [5.41, 5.74) is 2.76. The van der Waals surface area contributed by atoms with Gasteiger partial charge in [0.1, 0.15) is 0 Å². The zero-order valence-electron chi connectivity index (χ0n) is 14.6. The van der Waals surface area contributed by atoms with Gasteiger partial charge in [0.2, 0.25) is 0 Å². The first-order chi connectivity index (χ1) is 11.5. The molecule has 0 amide bonds. The van der Waals surface area contributed by atoms with Gasteiger partial charge in [0, 0.05) is 18.9 Å². The number of nitrogens with zero attached hydrogens (tertiary/aromatic N) is 1.